The molecule has 1 fully saturated rings. The third kappa shape index (κ3) is 3.72. The molecular weight excluding hydrogens is 360 g/mol. The SMILES string of the molecule is Cc1oc(-n2c(C)cc(C=NNC(=O)CC3(C)OCCO3)c2C)c(C#N)c1C. The lowest BCUT2D eigenvalue weighted by Crippen LogP contribution is -2.33. The van der Waals surface area contributed by atoms with Gasteiger partial charge in [-0.1, -0.05) is 0 Å². The van der Waals surface area contributed by atoms with Crippen LogP contribution in [0.4, 0.5) is 0 Å². The quantitative estimate of drug-likeness (QED) is 0.631. The maximum atomic E-state index is 12.1. The maximum Gasteiger partial charge on any atom is 0.245 e. The average Bonchev–Trinajstić information content (AvgIpc) is 3.25. The minimum absolute atomic E-state index is 0.0693. The lowest BCUT2D eigenvalue weighted by atomic mass is 10.2. The molecule has 0 unspecified atom stereocenters. The number of aromatic nitrogens is 1. The number of hydrogen-bond acceptors (Lipinski definition) is 6. The van der Waals surface area contributed by atoms with Crippen LogP contribution in [0.3, 0.4) is 0 Å². The Kier molecular flexibility index (Phi) is 5.40. The van der Waals surface area contributed by atoms with E-state index >= 15 is 0 Å². The van der Waals surface area contributed by atoms with Crippen LogP contribution in [0.15, 0.2) is 15.6 Å². The number of nitrogens with zero attached hydrogens (tertiary/aromatic N) is 3. The van der Waals surface area contributed by atoms with Gasteiger partial charge in [-0.3, -0.25) is 9.36 Å². The van der Waals surface area contributed by atoms with Crippen molar-refractivity contribution in [1.29, 1.82) is 5.26 Å². The van der Waals surface area contributed by atoms with Crippen molar-refractivity contribution in [3.8, 4) is 12.0 Å². The van der Waals surface area contributed by atoms with Crippen molar-refractivity contribution in [2.75, 3.05) is 13.2 Å². The largest absolute Gasteiger partial charge is 0.443 e. The molecule has 2 aromatic heterocycles. The molecule has 0 radical (unpaired) electrons. The number of rotatable bonds is 5. The molecule has 0 aliphatic carbocycles. The van der Waals surface area contributed by atoms with Crippen LogP contribution in [-0.4, -0.2) is 35.7 Å². The van der Waals surface area contributed by atoms with Crippen molar-refractivity contribution in [2.45, 2.75) is 46.8 Å². The third-order valence-electron chi connectivity index (χ3n) is 4.92. The van der Waals surface area contributed by atoms with E-state index in [1.165, 1.54) is 0 Å². The van der Waals surface area contributed by atoms with Gasteiger partial charge in [-0.25, -0.2) is 5.43 Å². The first-order chi connectivity index (χ1) is 13.3. The molecule has 0 saturated carbocycles. The van der Waals surface area contributed by atoms with Gasteiger partial charge >= 0.3 is 0 Å². The predicted octanol–water partition coefficient (Wildman–Crippen LogP) is 2.78. The summed E-state index contributed by atoms with van der Waals surface area (Å²) in [5.41, 5.74) is 6.41. The average molecular weight is 384 g/mol. The highest BCUT2D eigenvalue weighted by Gasteiger charge is 2.33. The normalized spacial score (nSPS) is 15.9. The van der Waals surface area contributed by atoms with Gasteiger partial charge in [-0.05, 0) is 40.7 Å². The van der Waals surface area contributed by atoms with Gasteiger partial charge in [0.1, 0.15) is 17.4 Å². The molecule has 28 heavy (non-hydrogen) atoms. The second kappa shape index (κ2) is 7.62. The van der Waals surface area contributed by atoms with Gasteiger partial charge in [0.15, 0.2) is 5.79 Å². The molecule has 3 heterocycles. The third-order valence-corrected chi connectivity index (χ3v) is 4.92. The van der Waals surface area contributed by atoms with Gasteiger partial charge in [0.2, 0.25) is 11.8 Å². The molecule has 8 heteroatoms. The fraction of sp³-hybridized carbons (Fsp3) is 0.450. The summed E-state index contributed by atoms with van der Waals surface area (Å²) in [6.07, 6.45) is 1.64. The Bertz CT molecular complexity index is 971. The van der Waals surface area contributed by atoms with Crippen LogP contribution >= 0.6 is 0 Å². The smallest absolute Gasteiger partial charge is 0.245 e. The molecule has 0 atom stereocenters. The minimum atomic E-state index is -0.891. The van der Waals surface area contributed by atoms with Gasteiger partial charge in [-0.15, -0.1) is 0 Å². The molecule has 0 spiro atoms. The van der Waals surface area contributed by atoms with Crippen LogP contribution in [0, 0.1) is 39.0 Å². The molecule has 0 aromatic carbocycles. The van der Waals surface area contributed by atoms with Crippen molar-refractivity contribution in [2.24, 2.45) is 5.10 Å². The number of hydrogen-bond donors (Lipinski definition) is 1. The first-order valence-electron chi connectivity index (χ1n) is 9.05. The topological polar surface area (TPSA) is 102 Å². The van der Waals surface area contributed by atoms with Crippen LogP contribution in [0.5, 0.6) is 0 Å². The molecule has 3 rings (SSSR count). The highest BCUT2D eigenvalue weighted by Crippen LogP contribution is 2.28. The van der Waals surface area contributed by atoms with Crippen molar-refractivity contribution >= 4 is 12.1 Å². The number of amides is 1. The summed E-state index contributed by atoms with van der Waals surface area (Å²) in [6.45, 7) is 10.2. The molecule has 148 valence electrons. The highest BCUT2D eigenvalue weighted by atomic mass is 16.7. The fourth-order valence-electron chi connectivity index (χ4n) is 3.29. The molecule has 1 N–H and O–H groups in total. The van der Waals surface area contributed by atoms with E-state index in [-0.39, 0.29) is 12.3 Å². The lowest BCUT2D eigenvalue weighted by molar-refractivity contribution is -0.159. The van der Waals surface area contributed by atoms with Gasteiger partial charge in [0.25, 0.3) is 0 Å². The first kappa shape index (κ1) is 19.9. The number of carbonyl (C=O) groups is 1. The number of nitrogens with one attached hydrogen (secondary N) is 1. The standard InChI is InChI=1S/C20H24N4O4/c1-12-8-16(11-22-23-18(25)9-20(5)26-6-7-27-20)14(3)24(12)19-17(10-21)13(2)15(4)28-19/h8,11H,6-7,9H2,1-5H3,(H,23,25). The lowest BCUT2D eigenvalue weighted by Gasteiger charge is -2.20. The van der Waals surface area contributed by atoms with Gasteiger partial charge in [-0.2, -0.15) is 10.4 Å². The van der Waals surface area contributed by atoms with Crippen LogP contribution in [-0.2, 0) is 14.3 Å². The van der Waals surface area contributed by atoms with E-state index in [1.54, 1.807) is 13.1 Å². The predicted molar refractivity (Wildman–Crippen MR) is 102 cm³/mol. The summed E-state index contributed by atoms with van der Waals surface area (Å²) >= 11 is 0. The Balaban J connectivity index is 1.77. The number of ether oxygens (including phenoxy) is 2. The van der Waals surface area contributed by atoms with Crippen LogP contribution < -0.4 is 5.43 Å². The van der Waals surface area contributed by atoms with E-state index in [0.29, 0.717) is 30.4 Å². The molecule has 1 saturated heterocycles. The molecule has 0 bridgehead atoms. The van der Waals surface area contributed by atoms with Crippen LogP contribution in [0.2, 0.25) is 0 Å². The Hall–Kier alpha value is -2.89. The summed E-state index contributed by atoms with van der Waals surface area (Å²) < 4.78 is 18.5. The summed E-state index contributed by atoms with van der Waals surface area (Å²) in [7, 11) is 0. The molecule has 8 nitrogen and oxygen atoms in total. The van der Waals surface area contributed by atoms with E-state index in [4.69, 9.17) is 13.9 Å². The van der Waals surface area contributed by atoms with Crippen molar-refractivity contribution in [3.63, 3.8) is 0 Å². The molecule has 1 aliphatic heterocycles. The summed E-state index contributed by atoms with van der Waals surface area (Å²) in [6, 6.07) is 4.13. The van der Waals surface area contributed by atoms with Crippen LogP contribution in [0.1, 0.15) is 47.2 Å². The number of furan rings is 1. The van der Waals surface area contributed by atoms with Gasteiger partial charge in [0.05, 0.1) is 25.8 Å². The van der Waals surface area contributed by atoms with Crippen molar-refractivity contribution in [1.82, 2.24) is 9.99 Å². The van der Waals surface area contributed by atoms with Crippen molar-refractivity contribution < 1.29 is 18.7 Å². The zero-order valence-electron chi connectivity index (χ0n) is 16.8. The van der Waals surface area contributed by atoms with E-state index in [1.807, 2.05) is 38.3 Å². The number of aryl methyl sites for hydroxylation is 2. The molecule has 2 aromatic rings. The summed E-state index contributed by atoms with van der Waals surface area (Å²) in [4.78, 5) is 12.1. The van der Waals surface area contributed by atoms with Crippen molar-refractivity contribution in [3.05, 3.63) is 39.9 Å². The van der Waals surface area contributed by atoms with E-state index in [9.17, 15) is 10.1 Å². The van der Waals surface area contributed by atoms with E-state index in [0.717, 1.165) is 22.5 Å². The summed E-state index contributed by atoms with van der Waals surface area (Å²) in [5.74, 6) is 0.0301. The van der Waals surface area contributed by atoms with Gasteiger partial charge < -0.3 is 13.9 Å². The zero-order valence-corrected chi connectivity index (χ0v) is 16.8. The zero-order chi connectivity index (χ0) is 20.5. The Labute approximate surface area is 163 Å². The van der Waals surface area contributed by atoms with E-state index in [2.05, 4.69) is 16.6 Å². The number of hydrazone groups is 1. The Morgan fingerprint density at radius 3 is 2.68 bits per heavy atom. The maximum absolute atomic E-state index is 12.1. The summed E-state index contributed by atoms with van der Waals surface area (Å²) in [5, 5.41) is 13.5. The highest BCUT2D eigenvalue weighted by molar-refractivity contribution is 5.84. The minimum Gasteiger partial charge on any atom is -0.443 e. The number of nitriles is 1. The Morgan fingerprint density at radius 2 is 2.04 bits per heavy atom. The number of carbonyl (C=O) groups excluding carboxylic acids is 1. The second-order valence-electron chi connectivity index (χ2n) is 7.04. The second-order valence-corrected chi connectivity index (χ2v) is 7.04. The first-order valence-corrected chi connectivity index (χ1v) is 9.05. The molecule has 1 aliphatic rings. The monoisotopic (exact) mass is 384 g/mol. The van der Waals surface area contributed by atoms with Gasteiger partial charge in [0, 0.05) is 22.5 Å². The van der Waals surface area contributed by atoms with E-state index < -0.39 is 5.79 Å². The Morgan fingerprint density at radius 1 is 1.36 bits per heavy atom. The molecule has 1 amide bonds. The van der Waals surface area contributed by atoms with Crippen LogP contribution in [0.25, 0.3) is 5.88 Å². The molecular formula is C20H24N4O4. The fourth-order valence-corrected chi connectivity index (χ4v) is 3.29.